The summed E-state index contributed by atoms with van der Waals surface area (Å²) in [6.07, 6.45) is 6.37. The number of alkyl halides is 2. The van der Waals surface area contributed by atoms with Gasteiger partial charge in [0.1, 0.15) is 5.75 Å². The van der Waals surface area contributed by atoms with E-state index < -0.39 is 6.61 Å². The Morgan fingerprint density at radius 3 is 2.67 bits per heavy atom. The topological polar surface area (TPSA) is 21.3 Å². The first-order valence-electron chi connectivity index (χ1n) is 7.53. The quantitative estimate of drug-likeness (QED) is 0.797. The minimum absolute atomic E-state index is 0.192. The van der Waals surface area contributed by atoms with Gasteiger partial charge in [-0.3, -0.25) is 0 Å². The van der Waals surface area contributed by atoms with Gasteiger partial charge in [0.05, 0.1) is 0 Å². The van der Waals surface area contributed by atoms with Crippen molar-refractivity contribution in [3.63, 3.8) is 0 Å². The molecule has 1 aliphatic rings. The molecular formula is C16H22ClF2NO. The predicted molar refractivity (Wildman–Crippen MR) is 81.0 cm³/mol. The van der Waals surface area contributed by atoms with E-state index in [4.69, 9.17) is 11.6 Å². The first kappa shape index (κ1) is 16.5. The van der Waals surface area contributed by atoms with Gasteiger partial charge >= 0.3 is 6.61 Å². The van der Waals surface area contributed by atoms with Crippen LogP contribution in [0.15, 0.2) is 18.2 Å². The lowest BCUT2D eigenvalue weighted by molar-refractivity contribution is -0.0505. The van der Waals surface area contributed by atoms with Crippen LogP contribution in [0.5, 0.6) is 5.75 Å². The molecule has 1 aliphatic carbocycles. The molecule has 1 atom stereocenters. The van der Waals surface area contributed by atoms with E-state index >= 15 is 0 Å². The second-order valence-electron chi connectivity index (χ2n) is 5.70. The van der Waals surface area contributed by atoms with E-state index in [1.807, 2.05) is 0 Å². The fourth-order valence-corrected chi connectivity index (χ4v) is 3.16. The average Bonchev–Trinajstić information content (AvgIpc) is 2.47. The molecule has 1 saturated carbocycles. The van der Waals surface area contributed by atoms with E-state index in [2.05, 4.69) is 17.0 Å². The van der Waals surface area contributed by atoms with Gasteiger partial charge in [0.25, 0.3) is 0 Å². The van der Waals surface area contributed by atoms with E-state index in [0.717, 1.165) is 0 Å². The number of hydrogen-bond donors (Lipinski definition) is 1. The molecule has 1 aromatic rings. The van der Waals surface area contributed by atoms with Crippen LogP contribution in [0.25, 0.3) is 0 Å². The molecular weight excluding hydrogens is 296 g/mol. The molecule has 2 rings (SSSR count). The highest BCUT2D eigenvalue weighted by atomic mass is 35.5. The van der Waals surface area contributed by atoms with Gasteiger partial charge in [-0.15, -0.1) is 0 Å². The Balaban J connectivity index is 1.96. The fraction of sp³-hybridized carbons (Fsp3) is 0.625. The lowest BCUT2D eigenvalue weighted by Gasteiger charge is -2.28. The highest BCUT2D eigenvalue weighted by Gasteiger charge is 2.20. The van der Waals surface area contributed by atoms with Crippen molar-refractivity contribution in [1.82, 2.24) is 5.32 Å². The molecule has 5 heteroatoms. The fourth-order valence-electron chi connectivity index (χ4n) is 2.97. The molecule has 0 aliphatic heterocycles. The molecule has 1 aromatic carbocycles. The predicted octanol–water partition coefficient (Wildman–Crippen LogP) is 5.00. The van der Waals surface area contributed by atoms with Gasteiger partial charge in [-0.1, -0.05) is 30.9 Å². The lowest BCUT2D eigenvalue weighted by atomic mass is 9.84. The molecule has 0 amide bonds. The first-order chi connectivity index (χ1) is 10.1. The molecule has 1 N–H and O–H groups in total. The minimum Gasteiger partial charge on any atom is -0.434 e. The zero-order chi connectivity index (χ0) is 15.2. The van der Waals surface area contributed by atoms with Crippen LogP contribution in [0, 0.1) is 5.92 Å². The van der Waals surface area contributed by atoms with Gasteiger partial charge in [0.15, 0.2) is 0 Å². The van der Waals surface area contributed by atoms with Gasteiger partial charge < -0.3 is 10.1 Å². The van der Waals surface area contributed by atoms with E-state index in [0.29, 0.717) is 29.1 Å². The van der Waals surface area contributed by atoms with Crippen LogP contribution in [0.1, 0.15) is 44.6 Å². The highest BCUT2D eigenvalue weighted by molar-refractivity contribution is 6.30. The van der Waals surface area contributed by atoms with Crippen LogP contribution in [-0.4, -0.2) is 12.7 Å². The summed E-state index contributed by atoms with van der Waals surface area (Å²) in [6, 6.07) is 5.10. The maximum Gasteiger partial charge on any atom is 0.387 e. The number of benzene rings is 1. The Kier molecular flexibility index (Phi) is 6.24. The molecule has 0 heterocycles. The summed E-state index contributed by atoms with van der Waals surface area (Å²) in [4.78, 5) is 0. The normalized spacial score (nSPS) is 18.0. The van der Waals surface area contributed by atoms with Crippen LogP contribution < -0.4 is 10.1 Å². The second-order valence-corrected chi connectivity index (χ2v) is 6.13. The summed E-state index contributed by atoms with van der Waals surface area (Å²) >= 11 is 5.95. The van der Waals surface area contributed by atoms with Crippen molar-refractivity contribution in [1.29, 1.82) is 0 Å². The van der Waals surface area contributed by atoms with E-state index in [1.165, 1.54) is 38.2 Å². The average molecular weight is 318 g/mol. The summed E-state index contributed by atoms with van der Waals surface area (Å²) in [6.45, 7) is -0.172. The monoisotopic (exact) mass is 317 g/mol. The zero-order valence-corrected chi connectivity index (χ0v) is 13.0. The van der Waals surface area contributed by atoms with Crippen molar-refractivity contribution in [2.24, 2.45) is 5.92 Å². The third-order valence-electron chi connectivity index (χ3n) is 4.21. The highest BCUT2D eigenvalue weighted by Crippen LogP contribution is 2.28. The van der Waals surface area contributed by atoms with Crippen LogP contribution in [-0.2, 0) is 6.54 Å². The number of hydrogen-bond acceptors (Lipinski definition) is 2. The van der Waals surface area contributed by atoms with Crippen LogP contribution in [0.4, 0.5) is 8.78 Å². The first-order valence-corrected chi connectivity index (χ1v) is 7.90. The van der Waals surface area contributed by atoms with Crippen molar-refractivity contribution >= 4 is 11.6 Å². The maximum absolute atomic E-state index is 12.4. The smallest absolute Gasteiger partial charge is 0.387 e. The summed E-state index contributed by atoms with van der Waals surface area (Å²) in [5, 5.41) is 3.95. The van der Waals surface area contributed by atoms with Crippen molar-refractivity contribution in [3.05, 3.63) is 28.8 Å². The Hall–Kier alpha value is -0.870. The molecule has 0 spiro atoms. The molecule has 118 valence electrons. The van der Waals surface area contributed by atoms with Gasteiger partial charge in [0.2, 0.25) is 0 Å². The number of nitrogens with one attached hydrogen (secondary N) is 1. The second kappa shape index (κ2) is 7.95. The Morgan fingerprint density at radius 1 is 1.29 bits per heavy atom. The zero-order valence-electron chi connectivity index (χ0n) is 12.2. The van der Waals surface area contributed by atoms with E-state index in [-0.39, 0.29) is 5.75 Å². The molecule has 0 aromatic heterocycles. The van der Waals surface area contributed by atoms with E-state index in [9.17, 15) is 8.78 Å². The lowest BCUT2D eigenvalue weighted by Crippen LogP contribution is -2.34. The number of rotatable bonds is 6. The van der Waals surface area contributed by atoms with Gasteiger partial charge in [-0.2, -0.15) is 8.78 Å². The van der Waals surface area contributed by atoms with Crippen LogP contribution in [0.2, 0.25) is 5.02 Å². The molecule has 2 nitrogen and oxygen atoms in total. The third-order valence-corrected chi connectivity index (χ3v) is 4.45. The third kappa shape index (κ3) is 5.11. The largest absolute Gasteiger partial charge is 0.434 e. The SMILES string of the molecule is C[C@H](NCc1cc(Cl)ccc1OC(F)F)C1CCCCC1. The molecule has 1 fully saturated rings. The summed E-state index contributed by atoms with van der Waals surface area (Å²) in [5.41, 5.74) is 0.672. The van der Waals surface area contributed by atoms with E-state index in [1.54, 1.807) is 12.1 Å². The Bertz CT molecular complexity index is 450. The Labute approximate surface area is 129 Å². The van der Waals surface area contributed by atoms with Gasteiger partial charge in [-0.05, 0) is 43.9 Å². The van der Waals surface area contributed by atoms with Crippen molar-refractivity contribution in [2.45, 2.75) is 58.2 Å². The van der Waals surface area contributed by atoms with Crippen LogP contribution in [0.3, 0.4) is 0 Å². The van der Waals surface area contributed by atoms with Crippen LogP contribution >= 0.6 is 11.6 Å². The number of ether oxygens (including phenoxy) is 1. The van der Waals surface area contributed by atoms with Crippen molar-refractivity contribution < 1.29 is 13.5 Å². The molecule has 0 unspecified atom stereocenters. The number of halogens is 3. The van der Waals surface area contributed by atoms with Gasteiger partial charge in [-0.25, -0.2) is 0 Å². The summed E-state index contributed by atoms with van der Waals surface area (Å²) < 4.78 is 29.4. The summed E-state index contributed by atoms with van der Waals surface area (Å²) in [5.74, 6) is 0.857. The van der Waals surface area contributed by atoms with Gasteiger partial charge in [0, 0.05) is 23.2 Å². The minimum atomic E-state index is -2.82. The molecule has 21 heavy (non-hydrogen) atoms. The Morgan fingerprint density at radius 2 is 2.00 bits per heavy atom. The molecule has 0 bridgehead atoms. The summed E-state index contributed by atoms with van der Waals surface area (Å²) in [7, 11) is 0. The molecule has 0 radical (unpaired) electrons. The molecule has 0 saturated heterocycles. The standard InChI is InChI=1S/C16H22ClF2NO/c1-11(12-5-3-2-4-6-12)20-10-13-9-14(17)7-8-15(13)21-16(18)19/h7-9,11-12,16,20H,2-6,10H2,1H3/t11-/m0/s1. The maximum atomic E-state index is 12.4. The van der Waals surface area contributed by atoms with Crippen molar-refractivity contribution in [2.75, 3.05) is 0 Å². The van der Waals surface area contributed by atoms with Crippen molar-refractivity contribution in [3.8, 4) is 5.75 Å².